The van der Waals surface area contributed by atoms with Crippen LogP contribution in [0.25, 0.3) is 0 Å². The molecule has 0 aromatic heterocycles. The highest BCUT2D eigenvalue weighted by Gasteiger charge is 2.38. The number of rotatable bonds is 5. The summed E-state index contributed by atoms with van der Waals surface area (Å²) < 4.78 is 14.1. The summed E-state index contributed by atoms with van der Waals surface area (Å²) in [6.45, 7) is 11.3. The van der Waals surface area contributed by atoms with E-state index < -0.39 is 8.53 Å². The Morgan fingerprint density at radius 2 is 1.89 bits per heavy atom. The molecule has 1 aromatic rings. The molecule has 0 unspecified atom stereocenters. The second-order valence-electron chi connectivity index (χ2n) is 5.66. The predicted octanol–water partition coefficient (Wildman–Crippen LogP) is 3.71. The Balaban J connectivity index is 1.98. The Morgan fingerprint density at radius 3 is 2.47 bits per heavy atom. The largest absolute Gasteiger partial charge is 0.336 e. The standard InChI is InChI=1S/C15H22NO2P/c1-4-10-16(11-14-8-6-5-7-9-14)19-17-12-15(2,3)13-18-19/h4-9H,1,10-13H2,2-3H3/p+1. The van der Waals surface area contributed by atoms with Crippen molar-refractivity contribution in [1.29, 1.82) is 0 Å². The first kappa shape index (κ1) is 14.7. The number of nitrogens with zero attached hydrogens (tertiary/aromatic N) is 1. The Kier molecular flexibility index (Phi) is 5.12. The maximum absolute atomic E-state index is 5.94. The Hall–Kier alpha value is -0.730. The van der Waals surface area contributed by atoms with Gasteiger partial charge in [-0.15, -0.1) is 11.2 Å². The first-order chi connectivity index (χ1) is 9.11. The highest BCUT2D eigenvalue weighted by Crippen LogP contribution is 2.49. The minimum absolute atomic E-state index is 0.126. The molecule has 1 aliphatic heterocycles. The van der Waals surface area contributed by atoms with Crippen LogP contribution in [0.15, 0.2) is 43.0 Å². The third kappa shape index (κ3) is 4.39. The van der Waals surface area contributed by atoms with E-state index in [1.165, 1.54) is 5.56 Å². The van der Waals surface area contributed by atoms with Crippen LogP contribution in [0.2, 0.25) is 0 Å². The quantitative estimate of drug-likeness (QED) is 0.606. The minimum Gasteiger partial charge on any atom is -0.189 e. The van der Waals surface area contributed by atoms with Gasteiger partial charge in [0, 0.05) is 5.41 Å². The molecule has 1 heterocycles. The summed E-state index contributed by atoms with van der Waals surface area (Å²) in [5, 5.41) is 0. The molecule has 1 saturated heterocycles. The fourth-order valence-electron chi connectivity index (χ4n) is 1.94. The summed E-state index contributed by atoms with van der Waals surface area (Å²) in [6.07, 6.45) is 1.91. The van der Waals surface area contributed by atoms with E-state index >= 15 is 0 Å². The van der Waals surface area contributed by atoms with E-state index in [4.69, 9.17) is 9.05 Å². The zero-order valence-electron chi connectivity index (χ0n) is 11.8. The Morgan fingerprint density at radius 1 is 1.26 bits per heavy atom. The molecule has 104 valence electrons. The average Bonchev–Trinajstić information content (AvgIpc) is 2.39. The van der Waals surface area contributed by atoms with Crippen molar-refractivity contribution in [3.63, 3.8) is 0 Å². The van der Waals surface area contributed by atoms with Crippen LogP contribution in [-0.2, 0) is 15.6 Å². The molecule has 0 radical (unpaired) electrons. The van der Waals surface area contributed by atoms with Crippen molar-refractivity contribution < 1.29 is 9.05 Å². The molecule has 19 heavy (non-hydrogen) atoms. The maximum atomic E-state index is 5.94. The maximum Gasteiger partial charge on any atom is 0.336 e. The van der Waals surface area contributed by atoms with Crippen LogP contribution < -0.4 is 0 Å². The smallest absolute Gasteiger partial charge is 0.189 e. The Bertz CT molecular complexity index is 398. The normalized spacial score (nSPS) is 19.5. The highest BCUT2D eigenvalue weighted by atomic mass is 31.2. The second-order valence-corrected chi connectivity index (χ2v) is 7.40. The van der Waals surface area contributed by atoms with Crippen molar-refractivity contribution in [2.24, 2.45) is 5.41 Å². The fraction of sp³-hybridized carbons (Fsp3) is 0.467. The molecule has 0 amide bonds. The number of benzene rings is 1. The number of hydrogen-bond acceptors (Lipinski definition) is 3. The van der Waals surface area contributed by atoms with Gasteiger partial charge in [-0.05, 0) is 5.56 Å². The van der Waals surface area contributed by atoms with Crippen LogP contribution in [0.1, 0.15) is 19.4 Å². The van der Waals surface area contributed by atoms with E-state index in [2.05, 4.69) is 49.4 Å². The van der Waals surface area contributed by atoms with Gasteiger partial charge in [-0.1, -0.05) is 50.3 Å². The summed E-state index contributed by atoms with van der Waals surface area (Å²) >= 11 is 0. The molecule has 1 fully saturated rings. The van der Waals surface area contributed by atoms with E-state index in [0.717, 1.165) is 26.3 Å². The molecule has 4 heteroatoms. The minimum atomic E-state index is -1.35. The van der Waals surface area contributed by atoms with Crippen LogP contribution in [0.4, 0.5) is 0 Å². The van der Waals surface area contributed by atoms with Gasteiger partial charge in [0.2, 0.25) is 0 Å². The summed E-state index contributed by atoms with van der Waals surface area (Å²) in [5.74, 6) is 0. The summed E-state index contributed by atoms with van der Waals surface area (Å²) in [4.78, 5) is 0. The lowest BCUT2D eigenvalue weighted by molar-refractivity contribution is 0.0450. The lowest BCUT2D eigenvalue weighted by Crippen LogP contribution is -2.32. The second kappa shape index (κ2) is 6.62. The first-order valence-corrected chi connectivity index (χ1v) is 7.89. The van der Waals surface area contributed by atoms with Crippen LogP contribution >= 0.6 is 8.53 Å². The molecule has 0 N–H and O–H groups in total. The van der Waals surface area contributed by atoms with Gasteiger partial charge >= 0.3 is 8.53 Å². The van der Waals surface area contributed by atoms with Gasteiger partial charge in [0.15, 0.2) is 0 Å². The molecule has 0 aliphatic carbocycles. The lowest BCUT2D eigenvalue weighted by Gasteiger charge is -2.31. The van der Waals surface area contributed by atoms with Gasteiger partial charge in [0.1, 0.15) is 13.2 Å². The van der Waals surface area contributed by atoms with Gasteiger partial charge < -0.3 is 0 Å². The molecule has 0 spiro atoms. The highest BCUT2D eigenvalue weighted by molar-refractivity contribution is 7.44. The fourth-order valence-corrected chi connectivity index (χ4v) is 4.01. The van der Waals surface area contributed by atoms with Gasteiger partial charge in [0.05, 0.1) is 13.1 Å². The van der Waals surface area contributed by atoms with E-state index in [0.29, 0.717) is 0 Å². The monoisotopic (exact) mass is 280 g/mol. The SMILES string of the molecule is C=CCN(Cc1ccccc1)[PH+]1OCC(C)(C)CO1. The molecule has 0 atom stereocenters. The van der Waals surface area contributed by atoms with E-state index in [-0.39, 0.29) is 5.41 Å². The van der Waals surface area contributed by atoms with Crippen molar-refractivity contribution in [2.45, 2.75) is 20.4 Å². The Labute approximate surface area is 117 Å². The molecule has 1 aliphatic rings. The third-order valence-corrected chi connectivity index (χ3v) is 4.64. The van der Waals surface area contributed by atoms with Gasteiger partial charge in [0.25, 0.3) is 0 Å². The first-order valence-electron chi connectivity index (χ1n) is 6.63. The van der Waals surface area contributed by atoms with Crippen LogP contribution in [-0.4, -0.2) is 24.4 Å². The van der Waals surface area contributed by atoms with Gasteiger partial charge in [-0.3, -0.25) is 0 Å². The van der Waals surface area contributed by atoms with Crippen molar-refractivity contribution in [3.8, 4) is 0 Å². The average molecular weight is 280 g/mol. The van der Waals surface area contributed by atoms with Crippen molar-refractivity contribution in [3.05, 3.63) is 48.6 Å². The van der Waals surface area contributed by atoms with Crippen LogP contribution in [0.3, 0.4) is 0 Å². The zero-order chi connectivity index (χ0) is 13.7. The third-order valence-electron chi connectivity index (χ3n) is 3.00. The topological polar surface area (TPSA) is 21.7 Å². The van der Waals surface area contributed by atoms with E-state index in [1.54, 1.807) is 0 Å². The molecular weight excluding hydrogens is 257 g/mol. The lowest BCUT2D eigenvalue weighted by atomic mass is 9.97. The zero-order valence-corrected chi connectivity index (χ0v) is 12.8. The predicted molar refractivity (Wildman–Crippen MR) is 81.0 cm³/mol. The summed E-state index contributed by atoms with van der Waals surface area (Å²) in [7, 11) is -1.35. The molecule has 0 bridgehead atoms. The van der Waals surface area contributed by atoms with Crippen molar-refractivity contribution in [2.75, 3.05) is 19.8 Å². The number of hydrogen-bond donors (Lipinski definition) is 0. The summed E-state index contributed by atoms with van der Waals surface area (Å²) in [6, 6.07) is 10.4. The molecule has 3 nitrogen and oxygen atoms in total. The van der Waals surface area contributed by atoms with Crippen LogP contribution in [0.5, 0.6) is 0 Å². The molecule has 2 rings (SSSR count). The van der Waals surface area contributed by atoms with E-state index in [9.17, 15) is 0 Å². The van der Waals surface area contributed by atoms with E-state index in [1.807, 2.05) is 12.1 Å². The summed E-state index contributed by atoms with van der Waals surface area (Å²) in [5.41, 5.74) is 1.40. The van der Waals surface area contributed by atoms with Crippen LogP contribution in [0, 0.1) is 5.41 Å². The van der Waals surface area contributed by atoms with Gasteiger partial charge in [-0.2, -0.15) is 9.05 Å². The molecule has 1 aromatic carbocycles. The van der Waals surface area contributed by atoms with Crippen molar-refractivity contribution in [1.82, 2.24) is 4.67 Å². The molecular formula is C15H23NO2P+. The van der Waals surface area contributed by atoms with Gasteiger partial charge in [-0.25, -0.2) is 0 Å². The van der Waals surface area contributed by atoms with Crippen molar-refractivity contribution >= 4 is 8.53 Å². The molecule has 0 saturated carbocycles.